The number of aromatic nitrogens is 2. The molecular weight excluding hydrogens is 362 g/mol. The second-order valence-corrected chi connectivity index (χ2v) is 8.04. The highest BCUT2D eigenvalue weighted by atomic mass is 35.5. The van der Waals surface area contributed by atoms with E-state index in [4.69, 9.17) is 11.6 Å². The van der Waals surface area contributed by atoms with Crippen LogP contribution in [0.2, 0.25) is 5.02 Å². The van der Waals surface area contributed by atoms with Crippen LogP contribution in [0.25, 0.3) is 0 Å². The molecule has 0 fully saturated rings. The second kappa shape index (κ2) is 8.46. The lowest BCUT2D eigenvalue weighted by Crippen LogP contribution is -2.30. The maximum Gasteiger partial charge on any atom is 0.224 e. The van der Waals surface area contributed by atoms with Gasteiger partial charge in [-0.15, -0.1) is 0 Å². The van der Waals surface area contributed by atoms with Crippen molar-refractivity contribution in [3.8, 4) is 0 Å². The van der Waals surface area contributed by atoms with Crippen LogP contribution in [0.3, 0.4) is 0 Å². The summed E-state index contributed by atoms with van der Waals surface area (Å²) in [5.74, 6) is 1.15. The van der Waals surface area contributed by atoms with Crippen molar-refractivity contribution < 1.29 is 8.42 Å². The predicted molar refractivity (Wildman–Crippen MR) is 102 cm³/mol. The average Bonchev–Trinajstić information content (AvgIpc) is 2.50. The van der Waals surface area contributed by atoms with Gasteiger partial charge in [-0.3, -0.25) is 0 Å². The number of anilines is 2. The molecule has 25 heavy (non-hydrogen) atoms. The molecule has 2 aromatic rings. The number of nitrogens with one attached hydrogen (secondary N) is 2. The summed E-state index contributed by atoms with van der Waals surface area (Å²) in [6, 6.07) is 8.68. The highest BCUT2D eigenvalue weighted by Gasteiger charge is 2.11. The molecule has 2 rings (SSSR count). The first kappa shape index (κ1) is 19.4. The monoisotopic (exact) mass is 383 g/mol. The van der Waals surface area contributed by atoms with Crippen LogP contribution >= 0.6 is 11.6 Å². The van der Waals surface area contributed by atoms with E-state index in [-0.39, 0.29) is 12.3 Å². The quantitative estimate of drug-likeness (QED) is 0.678. The zero-order valence-corrected chi connectivity index (χ0v) is 16.0. The first-order valence-corrected chi connectivity index (χ1v) is 9.77. The molecule has 0 atom stereocenters. The molecule has 7 nitrogen and oxygen atoms in total. The van der Waals surface area contributed by atoms with Crippen LogP contribution in [-0.2, 0) is 15.8 Å². The van der Waals surface area contributed by atoms with Gasteiger partial charge < -0.3 is 10.2 Å². The Morgan fingerprint density at radius 2 is 1.92 bits per heavy atom. The first-order chi connectivity index (χ1) is 11.7. The summed E-state index contributed by atoms with van der Waals surface area (Å²) in [7, 11) is 0.363. The molecule has 0 amide bonds. The minimum absolute atomic E-state index is 0.112. The van der Waals surface area contributed by atoms with Crippen molar-refractivity contribution in [2.24, 2.45) is 0 Å². The van der Waals surface area contributed by atoms with Gasteiger partial charge in [-0.2, -0.15) is 4.98 Å². The van der Waals surface area contributed by atoms with Crippen molar-refractivity contribution in [3.63, 3.8) is 0 Å². The molecule has 0 radical (unpaired) electrons. The van der Waals surface area contributed by atoms with Crippen LogP contribution in [0.5, 0.6) is 0 Å². The van der Waals surface area contributed by atoms with Gasteiger partial charge >= 0.3 is 0 Å². The van der Waals surface area contributed by atoms with Crippen LogP contribution in [0.4, 0.5) is 11.8 Å². The molecule has 0 aliphatic rings. The van der Waals surface area contributed by atoms with Crippen LogP contribution < -0.4 is 14.9 Å². The van der Waals surface area contributed by atoms with Gasteiger partial charge in [0.25, 0.3) is 0 Å². The Labute approximate surface area is 153 Å². The number of benzene rings is 1. The largest absolute Gasteiger partial charge is 0.363 e. The van der Waals surface area contributed by atoms with Gasteiger partial charge in [-0.1, -0.05) is 23.7 Å². The molecule has 9 heteroatoms. The Kier molecular flexibility index (Phi) is 6.57. The Morgan fingerprint density at radius 1 is 1.16 bits per heavy atom. The molecule has 0 saturated heterocycles. The van der Waals surface area contributed by atoms with E-state index in [0.717, 1.165) is 11.5 Å². The molecule has 1 aromatic heterocycles. The topological polar surface area (TPSA) is 87.2 Å². The number of hydrogen-bond acceptors (Lipinski definition) is 6. The van der Waals surface area contributed by atoms with Gasteiger partial charge in [0.2, 0.25) is 16.0 Å². The third kappa shape index (κ3) is 6.49. The van der Waals surface area contributed by atoms with E-state index >= 15 is 0 Å². The third-order valence-electron chi connectivity index (χ3n) is 3.27. The van der Waals surface area contributed by atoms with Crippen molar-refractivity contribution >= 4 is 33.4 Å². The molecule has 1 heterocycles. The summed E-state index contributed by atoms with van der Waals surface area (Å²) < 4.78 is 26.8. The SMILES string of the molecule is Cc1cc(N(C)C)nc(NCCNS(=O)(=O)Cc2cccc(Cl)c2)n1. The summed E-state index contributed by atoms with van der Waals surface area (Å²) in [6.45, 7) is 2.50. The molecule has 0 saturated carbocycles. The lowest BCUT2D eigenvalue weighted by Gasteiger charge is -2.14. The van der Waals surface area contributed by atoms with Gasteiger partial charge in [-0.25, -0.2) is 18.1 Å². The van der Waals surface area contributed by atoms with Crippen molar-refractivity contribution in [1.29, 1.82) is 0 Å². The Bertz CT molecular complexity index is 827. The van der Waals surface area contributed by atoms with E-state index in [2.05, 4.69) is 20.0 Å². The van der Waals surface area contributed by atoms with Gasteiger partial charge in [0.1, 0.15) is 5.82 Å². The van der Waals surface area contributed by atoms with Gasteiger partial charge in [0.05, 0.1) is 5.75 Å². The fraction of sp³-hybridized carbons (Fsp3) is 0.375. The zero-order chi connectivity index (χ0) is 18.4. The van der Waals surface area contributed by atoms with Crippen molar-refractivity contribution in [3.05, 3.63) is 46.6 Å². The summed E-state index contributed by atoms with van der Waals surface area (Å²) >= 11 is 5.87. The Morgan fingerprint density at radius 3 is 2.60 bits per heavy atom. The number of rotatable bonds is 8. The molecule has 0 spiro atoms. The molecule has 0 bridgehead atoms. The molecule has 2 N–H and O–H groups in total. The molecule has 0 aliphatic carbocycles. The van der Waals surface area contributed by atoms with Crippen LogP contribution in [-0.4, -0.2) is 45.6 Å². The normalized spacial score (nSPS) is 11.4. The third-order valence-corrected chi connectivity index (χ3v) is 4.87. The number of sulfonamides is 1. The van der Waals surface area contributed by atoms with Crippen LogP contribution in [0, 0.1) is 6.92 Å². The summed E-state index contributed by atoms with van der Waals surface area (Å²) in [5.41, 5.74) is 1.48. The maximum absolute atomic E-state index is 12.1. The highest BCUT2D eigenvalue weighted by molar-refractivity contribution is 7.88. The van der Waals surface area contributed by atoms with E-state index in [0.29, 0.717) is 23.1 Å². The van der Waals surface area contributed by atoms with E-state index in [1.54, 1.807) is 24.3 Å². The van der Waals surface area contributed by atoms with Crippen molar-refractivity contribution in [1.82, 2.24) is 14.7 Å². The summed E-state index contributed by atoms with van der Waals surface area (Å²) in [6.07, 6.45) is 0. The standard InChI is InChI=1S/C16H22ClN5O2S/c1-12-9-15(22(2)3)21-16(20-12)18-7-8-19-25(23,24)11-13-5-4-6-14(17)10-13/h4-6,9-10,19H,7-8,11H2,1-3H3,(H,18,20,21). The minimum atomic E-state index is -3.43. The minimum Gasteiger partial charge on any atom is -0.363 e. The van der Waals surface area contributed by atoms with E-state index < -0.39 is 10.0 Å². The predicted octanol–water partition coefficient (Wildman–Crippen LogP) is 2.04. The Balaban J connectivity index is 1.86. The van der Waals surface area contributed by atoms with Gasteiger partial charge in [0, 0.05) is 44.0 Å². The van der Waals surface area contributed by atoms with Crippen LogP contribution in [0.15, 0.2) is 30.3 Å². The lowest BCUT2D eigenvalue weighted by molar-refractivity contribution is 0.582. The average molecular weight is 384 g/mol. The fourth-order valence-corrected chi connectivity index (χ4v) is 3.48. The van der Waals surface area contributed by atoms with Crippen molar-refractivity contribution in [2.45, 2.75) is 12.7 Å². The smallest absolute Gasteiger partial charge is 0.224 e. The van der Waals surface area contributed by atoms with E-state index in [1.165, 1.54) is 0 Å². The number of hydrogen-bond donors (Lipinski definition) is 2. The molecule has 136 valence electrons. The molecule has 0 aliphatic heterocycles. The van der Waals surface area contributed by atoms with Crippen LogP contribution in [0.1, 0.15) is 11.3 Å². The summed E-state index contributed by atoms with van der Waals surface area (Å²) in [4.78, 5) is 10.5. The van der Waals surface area contributed by atoms with E-state index in [1.807, 2.05) is 32.0 Å². The zero-order valence-electron chi connectivity index (χ0n) is 14.5. The van der Waals surface area contributed by atoms with E-state index in [9.17, 15) is 8.42 Å². The number of nitrogens with zero attached hydrogens (tertiary/aromatic N) is 3. The summed E-state index contributed by atoms with van der Waals surface area (Å²) in [5, 5.41) is 3.55. The maximum atomic E-state index is 12.1. The molecular formula is C16H22ClN5O2S. The molecule has 0 unspecified atom stereocenters. The number of halogens is 1. The fourth-order valence-electron chi connectivity index (χ4n) is 2.14. The van der Waals surface area contributed by atoms with Gasteiger partial charge in [0.15, 0.2) is 0 Å². The van der Waals surface area contributed by atoms with Crippen molar-refractivity contribution in [2.75, 3.05) is 37.4 Å². The lowest BCUT2D eigenvalue weighted by atomic mass is 10.2. The van der Waals surface area contributed by atoms with Gasteiger partial charge in [-0.05, 0) is 24.6 Å². The Hall–Kier alpha value is -1.90. The molecule has 1 aromatic carbocycles. The second-order valence-electron chi connectivity index (χ2n) is 5.80. The number of aryl methyl sites for hydroxylation is 1. The highest BCUT2D eigenvalue weighted by Crippen LogP contribution is 2.13. The first-order valence-electron chi connectivity index (χ1n) is 7.74.